The Kier molecular flexibility index (Phi) is 4.69. The summed E-state index contributed by atoms with van der Waals surface area (Å²) in [7, 11) is 2.11. The minimum absolute atomic E-state index is 0.483. The molecule has 2 aliphatic rings. The number of nitrogens with zero attached hydrogens (tertiary/aromatic N) is 3. The van der Waals surface area contributed by atoms with Crippen molar-refractivity contribution in [2.75, 3.05) is 38.1 Å². The van der Waals surface area contributed by atoms with Gasteiger partial charge in [0.25, 0.3) is 0 Å². The Balaban J connectivity index is 1.57. The molecule has 22 heavy (non-hydrogen) atoms. The predicted octanol–water partition coefficient (Wildman–Crippen LogP) is 2.50. The van der Waals surface area contributed by atoms with Gasteiger partial charge in [0.15, 0.2) is 0 Å². The van der Waals surface area contributed by atoms with Gasteiger partial charge in [-0.3, -0.25) is 4.90 Å². The van der Waals surface area contributed by atoms with Crippen molar-refractivity contribution in [3.05, 3.63) is 23.9 Å². The number of rotatable bonds is 4. The summed E-state index contributed by atoms with van der Waals surface area (Å²) in [6.07, 6.45) is 6.12. The minimum atomic E-state index is 0.483. The molecular weight excluding hydrogens is 272 g/mol. The second kappa shape index (κ2) is 6.55. The van der Waals surface area contributed by atoms with E-state index in [1.54, 1.807) is 0 Å². The molecule has 3 rings (SSSR count). The van der Waals surface area contributed by atoms with E-state index in [1.165, 1.54) is 51.0 Å². The average molecular weight is 302 g/mol. The fourth-order valence-corrected chi connectivity index (χ4v) is 3.77. The van der Waals surface area contributed by atoms with E-state index in [9.17, 15) is 0 Å². The van der Waals surface area contributed by atoms with Gasteiger partial charge in [0.05, 0.1) is 0 Å². The van der Waals surface area contributed by atoms with Crippen molar-refractivity contribution >= 4 is 5.82 Å². The summed E-state index contributed by atoms with van der Waals surface area (Å²) in [4.78, 5) is 9.47. The lowest BCUT2D eigenvalue weighted by molar-refractivity contribution is 0.194. The van der Waals surface area contributed by atoms with Crippen molar-refractivity contribution in [2.45, 2.75) is 45.7 Å². The molecule has 0 unspecified atom stereocenters. The monoisotopic (exact) mass is 302 g/mol. The summed E-state index contributed by atoms with van der Waals surface area (Å²) in [5.74, 6) is 1.06. The van der Waals surface area contributed by atoms with Crippen LogP contribution in [0.5, 0.6) is 0 Å². The van der Waals surface area contributed by atoms with Crippen LogP contribution in [0.1, 0.15) is 38.7 Å². The fraction of sp³-hybridized carbons (Fsp3) is 0.722. The van der Waals surface area contributed by atoms with Crippen LogP contribution in [0.3, 0.4) is 0 Å². The molecule has 1 spiro atoms. The summed E-state index contributed by atoms with van der Waals surface area (Å²) < 4.78 is 0. The SMILES string of the molecule is CC(C)N(C)c1ccc(CN2CCC3(CCNCC3)C2)cn1. The molecule has 0 aliphatic carbocycles. The zero-order valence-corrected chi connectivity index (χ0v) is 14.3. The molecule has 0 saturated carbocycles. The molecule has 0 aromatic carbocycles. The molecule has 1 aromatic rings. The highest BCUT2D eigenvalue weighted by atomic mass is 15.2. The summed E-state index contributed by atoms with van der Waals surface area (Å²) in [6.45, 7) is 10.3. The molecule has 0 atom stereocenters. The first-order chi connectivity index (χ1) is 10.6. The Labute approximate surface area is 134 Å². The highest BCUT2D eigenvalue weighted by molar-refractivity contribution is 5.39. The van der Waals surface area contributed by atoms with Crippen molar-refractivity contribution in [2.24, 2.45) is 5.41 Å². The molecule has 122 valence electrons. The number of anilines is 1. The second-order valence-electron chi connectivity index (χ2n) is 7.44. The van der Waals surface area contributed by atoms with E-state index in [2.05, 4.69) is 59.3 Å². The lowest BCUT2D eigenvalue weighted by Crippen LogP contribution is -2.38. The van der Waals surface area contributed by atoms with E-state index < -0.39 is 0 Å². The van der Waals surface area contributed by atoms with Gasteiger partial charge in [0, 0.05) is 32.4 Å². The maximum absolute atomic E-state index is 4.64. The highest BCUT2D eigenvalue weighted by Crippen LogP contribution is 2.38. The van der Waals surface area contributed by atoms with E-state index in [0.29, 0.717) is 11.5 Å². The van der Waals surface area contributed by atoms with Gasteiger partial charge in [0.1, 0.15) is 5.82 Å². The first kappa shape index (κ1) is 15.8. The molecule has 2 aliphatic heterocycles. The molecular formula is C18H30N4. The standard InChI is InChI=1S/C18H30N4/c1-15(2)21(3)17-5-4-16(12-20-17)13-22-11-8-18(14-22)6-9-19-10-7-18/h4-5,12,15,19H,6-11,13-14H2,1-3H3. The van der Waals surface area contributed by atoms with Gasteiger partial charge in [-0.1, -0.05) is 6.07 Å². The van der Waals surface area contributed by atoms with Crippen LogP contribution in [-0.2, 0) is 6.54 Å². The summed E-state index contributed by atoms with van der Waals surface area (Å²) in [6, 6.07) is 4.89. The van der Waals surface area contributed by atoms with Crippen LogP contribution in [0.4, 0.5) is 5.82 Å². The number of hydrogen-bond acceptors (Lipinski definition) is 4. The minimum Gasteiger partial charge on any atom is -0.357 e. The summed E-state index contributed by atoms with van der Waals surface area (Å²) in [5.41, 5.74) is 1.93. The maximum atomic E-state index is 4.64. The Morgan fingerprint density at radius 1 is 1.27 bits per heavy atom. The largest absolute Gasteiger partial charge is 0.357 e. The van der Waals surface area contributed by atoms with E-state index in [-0.39, 0.29) is 0 Å². The maximum Gasteiger partial charge on any atom is 0.128 e. The number of piperidine rings is 1. The lowest BCUT2D eigenvalue weighted by Gasteiger charge is -2.34. The number of nitrogens with one attached hydrogen (secondary N) is 1. The molecule has 3 heterocycles. The lowest BCUT2D eigenvalue weighted by atomic mass is 9.78. The molecule has 4 heteroatoms. The van der Waals surface area contributed by atoms with Crippen LogP contribution in [0.15, 0.2) is 18.3 Å². The van der Waals surface area contributed by atoms with E-state index in [4.69, 9.17) is 0 Å². The van der Waals surface area contributed by atoms with Gasteiger partial charge >= 0.3 is 0 Å². The van der Waals surface area contributed by atoms with Gasteiger partial charge in [-0.05, 0) is 69.8 Å². The Hall–Kier alpha value is -1.13. The number of hydrogen-bond donors (Lipinski definition) is 1. The van der Waals surface area contributed by atoms with E-state index in [1.807, 2.05) is 0 Å². The van der Waals surface area contributed by atoms with Crippen LogP contribution < -0.4 is 10.2 Å². The Morgan fingerprint density at radius 3 is 2.68 bits per heavy atom. The van der Waals surface area contributed by atoms with Gasteiger partial charge in [0.2, 0.25) is 0 Å². The third-order valence-electron chi connectivity index (χ3n) is 5.53. The Bertz CT molecular complexity index is 476. The van der Waals surface area contributed by atoms with Crippen LogP contribution >= 0.6 is 0 Å². The van der Waals surface area contributed by atoms with Crippen molar-refractivity contribution < 1.29 is 0 Å². The van der Waals surface area contributed by atoms with Gasteiger partial charge in [-0.2, -0.15) is 0 Å². The molecule has 0 amide bonds. The zero-order chi connectivity index (χ0) is 15.6. The topological polar surface area (TPSA) is 31.4 Å². The highest BCUT2D eigenvalue weighted by Gasteiger charge is 2.38. The summed E-state index contributed by atoms with van der Waals surface area (Å²) >= 11 is 0. The molecule has 0 bridgehead atoms. The third-order valence-corrected chi connectivity index (χ3v) is 5.53. The van der Waals surface area contributed by atoms with Crippen molar-refractivity contribution in [1.82, 2.24) is 15.2 Å². The number of aromatic nitrogens is 1. The van der Waals surface area contributed by atoms with Gasteiger partial charge < -0.3 is 10.2 Å². The normalized spacial score (nSPS) is 21.6. The fourth-order valence-electron chi connectivity index (χ4n) is 3.77. The van der Waals surface area contributed by atoms with Crippen LogP contribution in [0.25, 0.3) is 0 Å². The van der Waals surface area contributed by atoms with Crippen molar-refractivity contribution in [3.8, 4) is 0 Å². The molecule has 2 saturated heterocycles. The molecule has 4 nitrogen and oxygen atoms in total. The first-order valence-electron chi connectivity index (χ1n) is 8.69. The number of pyridine rings is 1. The van der Waals surface area contributed by atoms with Crippen LogP contribution in [-0.4, -0.2) is 49.2 Å². The predicted molar refractivity (Wildman–Crippen MR) is 92.2 cm³/mol. The smallest absolute Gasteiger partial charge is 0.128 e. The van der Waals surface area contributed by atoms with E-state index >= 15 is 0 Å². The van der Waals surface area contributed by atoms with Crippen LogP contribution in [0, 0.1) is 5.41 Å². The molecule has 1 N–H and O–H groups in total. The van der Waals surface area contributed by atoms with Gasteiger partial charge in [-0.25, -0.2) is 4.98 Å². The first-order valence-corrected chi connectivity index (χ1v) is 8.69. The molecule has 0 radical (unpaired) electrons. The quantitative estimate of drug-likeness (QED) is 0.926. The second-order valence-corrected chi connectivity index (χ2v) is 7.44. The third kappa shape index (κ3) is 3.44. The number of likely N-dealkylation sites (tertiary alicyclic amines) is 1. The van der Waals surface area contributed by atoms with Crippen LogP contribution in [0.2, 0.25) is 0 Å². The zero-order valence-electron chi connectivity index (χ0n) is 14.3. The van der Waals surface area contributed by atoms with E-state index in [0.717, 1.165) is 12.4 Å². The van der Waals surface area contributed by atoms with Gasteiger partial charge in [-0.15, -0.1) is 0 Å². The van der Waals surface area contributed by atoms with Crippen molar-refractivity contribution in [3.63, 3.8) is 0 Å². The Morgan fingerprint density at radius 2 is 2.05 bits per heavy atom. The average Bonchev–Trinajstić information content (AvgIpc) is 2.90. The van der Waals surface area contributed by atoms with Crippen molar-refractivity contribution in [1.29, 1.82) is 0 Å². The molecule has 1 aromatic heterocycles. The molecule has 2 fully saturated rings. The summed E-state index contributed by atoms with van der Waals surface area (Å²) in [5, 5.41) is 3.49.